The first-order valence-electron chi connectivity index (χ1n) is 4.48. The van der Waals surface area contributed by atoms with E-state index in [0.29, 0.717) is 17.7 Å². The lowest BCUT2D eigenvalue weighted by molar-refractivity contribution is 0.112. The number of hydrogen-bond acceptors (Lipinski definition) is 3. The molecule has 0 N–H and O–H groups in total. The van der Waals surface area contributed by atoms with Gasteiger partial charge < -0.3 is 4.74 Å². The number of carbonyl (C=O) groups is 1. The molecule has 0 radical (unpaired) electrons. The van der Waals surface area contributed by atoms with Crippen LogP contribution in [0, 0.1) is 11.3 Å². The van der Waals surface area contributed by atoms with Crippen molar-refractivity contribution in [2.45, 2.75) is 6.42 Å². The summed E-state index contributed by atoms with van der Waals surface area (Å²) in [7, 11) is 1.57. The molecule has 0 aromatic heterocycles. The zero-order chi connectivity index (χ0) is 11.1. The molecule has 0 amide bonds. The zero-order valence-electron chi connectivity index (χ0n) is 8.43. The van der Waals surface area contributed by atoms with Gasteiger partial charge in [-0.25, -0.2) is 0 Å². The van der Waals surface area contributed by atoms with Crippen LogP contribution in [0.2, 0.25) is 0 Å². The molecule has 0 saturated carbocycles. The minimum absolute atomic E-state index is 0.342. The van der Waals surface area contributed by atoms with Crippen molar-refractivity contribution >= 4 is 12.4 Å². The summed E-state index contributed by atoms with van der Waals surface area (Å²) in [6.07, 6.45) is 4.62. The summed E-state index contributed by atoms with van der Waals surface area (Å²) in [4.78, 5) is 10.6. The lowest BCUT2D eigenvalue weighted by Gasteiger charge is -2.04. The molecule has 0 heterocycles. The molecule has 76 valence electrons. The Bertz CT molecular complexity index is 416. The van der Waals surface area contributed by atoms with Gasteiger partial charge >= 0.3 is 0 Å². The summed E-state index contributed by atoms with van der Waals surface area (Å²) in [6.45, 7) is 0. The number of aldehydes is 1. The molecule has 0 bridgehead atoms. The lowest BCUT2D eigenvalue weighted by atomic mass is 10.1. The Labute approximate surface area is 88.6 Å². The number of ether oxygens (including phenoxy) is 1. The SMILES string of the molecule is COc1ccc(C=O)cc1C=CCC#N. The van der Waals surface area contributed by atoms with Crippen molar-refractivity contribution in [1.82, 2.24) is 0 Å². The molecule has 0 spiro atoms. The maximum Gasteiger partial charge on any atom is 0.150 e. The van der Waals surface area contributed by atoms with Crippen LogP contribution in [0.1, 0.15) is 22.3 Å². The Morgan fingerprint density at radius 2 is 2.33 bits per heavy atom. The number of carbonyl (C=O) groups excluding carboxylic acids is 1. The summed E-state index contributed by atoms with van der Waals surface area (Å²) in [5.41, 5.74) is 1.39. The second kappa shape index (κ2) is 5.61. The molecule has 0 fully saturated rings. The molecule has 0 aliphatic rings. The third-order valence-corrected chi connectivity index (χ3v) is 1.90. The van der Waals surface area contributed by atoms with Crippen molar-refractivity contribution < 1.29 is 9.53 Å². The summed E-state index contributed by atoms with van der Waals surface area (Å²) >= 11 is 0. The third kappa shape index (κ3) is 2.96. The Kier molecular flexibility index (Phi) is 4.11. The maximum atomic E-state index is 10.6. The summed E-state index contributed by atoms with van der Waals surface area (Å²) < 4.78 is 5.13. The monoisotopic (exact) mass is 201 g/mol. The van der Waals surface area contributed by atoms with Crippen LogP contribution in [0.15, 0.2) is 24.3 Å². The van der Waals surface area contributed by atoms with Gasteiger partial charge in [0.2, 0.25) is 0 Å². The topological polar surface area (TPSA) is 50.1 Å². The molecule has 0 saturated heterocycles. The molecule has 15 heavy (non-hydrogen) atoms. The Morgan fingerprint density at radius 1 is 1.53 bits per heavy atom. The van der Waals surface area contributed by atoms with Crippen LogP contribution in [0.4, 0.5) is 0 Å². The summed E-state index contributed by atoms with van der Waals surface area (Å²) in [6, 6.07) is 7.15. The van der Waals surface area contributed by atoms with Crippen molar-refractivity contribution in [2.24, 2.45) is 0 Å². The van der Waals surface area contributed by atoms with E-state index in [9.17, 15) is 4.79 Å². The van der Waals surface area contributed by atoms with Gasteiger partial charge in [-0.15, -0.1) is 0 Å². The summed E-state index contributed by atoms with van der Waals surface area (Å²) in [5, 5.41) is 8.38. The van der Waals surface area contributed by atoms with E-state index in [1.807, 2.05) is 6.07 Å². The Hall–Kier alpha value is -2.08. The van der Waals surface area contributed by atoms with Crippen LogP contribution in [0.3, 0.4) is 0 Å². The van der Waals surface area contributed by atoms with Crippen LogP contribution < -0.4 is 4.74 Å². The van der Waals surface area contributed by atoms with Crippen molar-refractivity contribution in [1.29, 1.82) is 5.26 Å². The first-order valence-corrected chi connectivity index (χ1v) is 4.48. The minimum atomic E-state index is 0.342. The van der Waals surface area contributed by atoms with E-state index in [0.717, 1.165) is 11.8 Å². The highest BCUT2D eigenvalue weighted by Gasteiger charge is 2.00. The van der Waals surface area contributed by atoms with Gasteiger partial charge in [-0.1, -0.05) is 12.2 Å². The molecule has 3 nitrogen and oxygen atoms in total. The molecule has 0 unspecified atom stereocenters. The van der Waals surface area contributed by atoms with Gasteiger partial charge in [-0.05, 0) is 18.2 Å². The lowest BCUT2D eigenvalue weighted by Crippen LogP contribution is -1.89. The fourth-order valence-electron chi connectivity index (χ4n) is 1.19. The molecular formula is C12H11NO2. The largest absolute Gasteiger partial charge is 0.496 e. The van der Waals surface area contributed by atoms with Gasteiger partial charge in [0.05, 0.1) is 19.6 Å². The van der Waals surface area contributed by atoms with Crippen LogP contribution in [-0.2, 0) is 0 Å². The van der Waals surface area contributed by atoms with Crippen LogP contribution in [-0.4, -0.2) is 13.4 Å². The number of rotatable bonds is 4. The van der Waals surface area contributed by atoms with E-state index in [-0.39, 0.29) is 0 Å². The average molecular weight is 201 g/mol. The van der Waals surface area contributed by atoms with Gasteiger partial charge in [-0.3, -0.25) is 4.79 Å². The van der Waals surface area contributed by atoms with Crippen LogP contribution in [0.5, 0.6) is 5.75 Å². The Balaban J connectivity index is 3.01. The average Bonchev–Trinajstić information content (AvgIpc) is 2.29. The van der Waals surface area contributed by atoms with E-state index >= 15 is 0 Å². The fourth-order valence-corrected chi connectivity index (χ4v) is 1.19. The molecule has 0 aliphatic carbocycles. The number of benzene rings is 1. The van der Waals surface area contributed by atoms with E-state index < -0.39 is 0 Å². The first-order chi connectivity index (χ1) is 7.31. The third-order valence-electron chi connectivity index (χ3n) is 1.90. The molecule has 1 aromatic carbocycles. The zero-order valence-corrected chi connectivity index (χ0v) is 8.43. The predicted octanol–water partition coefficient (Wildman–Crippen LogP) is 2.43. The maximum absolute atomic E-state index is 10.6. The van der Waals surface area contributed by atoms with Crippen molar-refractivity contribution in [3.63, 3.8) is 0 Å². The predicted molar refractivity (Wildman–Crippen MR) is 57.6 cm³/mol. The molecule has 1 rings (SSSR count). The van der Waals surface area contributed by atoms with E-state index in [2.05, 4.69) is 0 Å². The highest BCUT2D eigenvalue weighted by molar-refractivity contribution is 5.77. The second-order valence-corrected chi connectivity index (χ2v) is 2.88. The number of allylic oxidation sites excluding steroid dienone is 1. The summed E-state index contributed by atoms with van der Waals surface area (Å²) in [5.74, 6) is 0.690. The number of hydrogen-bond donors (Lipinski definition) is 0. The quantitative estimate of drug-likeness (QED) is 0.703. The molecular weight excluding hydrogens is 190 g/mol. The first kappa shape index (κ1) is 11.0. The highest BCUT2D eigenvalue weighted by Crippen LogP contribution is 2.20. The van der Waals surface area contributed by atoms with E-state index in [4.69, 9.17) is 10.00 Å². The molecule has 0 atom stereocenters. The van der Waals surface area contributed by atoms with Crippen LogP contribution in [0.25, 0.3) is 6.08 Å². The van der Waals surface area contributed by atoms with Gasteiger partial charge in [0.15, 0.2) is 0 Å². The van der Waals surface area contributed by atoms with Crippen molar-refractivity contribution in [2.75, 3.05) is 7.11 Å². The molecule has 3 heteroatoms. The normalized spacial score (nSPS) is 9.87. The van der Waals surface area contributed by atoms with E-state index in [1.165, 1.54) is 0 Å². The van der Waals surface area contributed by atoms with Crippen molar-refractivity contribution in [3.05, 3.63) is 35.4 Å². The minimum Gasteiger partial charge on any atom is -0.496 e. The number of nitriles is 1. The van der Waals surface area contributed by atoms with Gasteiger partial charge in [0.25, 0.3) is 0 Å². The highest BCUT2D eigenvalue weighted by atomic mass is 16.5. The molecule has 1 aromatic rings. The van der Waals surface area contributed by atoms with Crippen molar-refractivity contribution in [3.8, 4) is 11.8 Å². The standard InChI is InChI=1S/C12H11NO2/c1-15-12-6-5-10(9-14)8-11(12)4-2-3-7-13/h2,4-6,8-9H,3H2,1H3. The van der Waals surface area contributed by atoms with Gasteiger partial charge in [-0.2, -0.15) is 5.26 Å². The fraction of sp³-hybridized carbons (Fsp3) is 0.167. The molecule has 0 aliphatic heterocycles. The second-order valence-electron chi connectivity index (χ2n) is 2.88. The number of nitrogens with zero attached hydrogens (tertiary/aromatic N) is 1. The van der Waals surface area contributed by atoms with Crippen LogP contribution >= 0.6 is 0 Å². The smallest absolute Gasteiger partial charge is 0.150 e. The Morgan fingerprint density at radius 3 is 2.93 bits per heavy atom. The number of methoxy groups -OCH3 is 1. The van der Waals surface area contributed by atoms with E-state index in [1.54, 1.807) is 37.5 Å². The van der Waals surface area contributed by atoms with Gasteiger partial charge in [0, 0.05) is 11.1 Å². The van der Waals surface area contributed by atoms with Gasteiger partial charge in [0.1, 0.15) is 12.0 Å².